The number of hydrogen-bond donors (Lipinski definition) is 2. The van der Waals surface area contributed by atoms with Crippen molar-refractivity contribution in [3.05, 3.63) is 0 Å². The summed E-state index contributed by atoms with van der Waals surface area (Å²) in [6.07, 6.45) is 0.652. The molecule has 0 bridgehead atoms. The second-order valence-corrected chi connectivity index (χ2v) is 5.94. The van der Waals surface area contributed by atoms with Crippen molar-refractivity contribution in [3.8, 4) is 0 Å². The number of sulfonamides is 1. The number of nitrogens with zero attached hydrogens (tertiary/aromatic N) is 2. The van der Waals surface area contributed by atoms with Gasteiger partial charge >= 0.3 is 5.97 Å². The number of hydrogen-bond acceptors (Lipinski definition) is 5. The van der Waals surface area contributed by atoms with Gasteiger partial charge in [0.15, 0.2) is 5.75 Å². The molecule has 7 nitrogen and oxygen atoms in total. The first kappa shape index (κ1) is 14.4. The summed E-state index contributed by atoms with van der Waals surface area (Å²) < 4.78 is 24.6. The number of aliphatic hydroxyl groups is 1. The Hall–Kier alpha value is -0.700. The van der Waals surface area contributed by atoms with E-state index in [2.05, 4.69) is 0 Å². The Morgan fingerprint density at radius 3 is 2.47 bits per heavy atom. The van der Waals surface area contributed by atoms with Crippen molar-refractivity contribution in [2.24, 2.45) is 0 Å². The Labute approximate surface area is 101 Å². The highest BCUT2D eigenvalue weighted by Crippen LogP contribution is 2.08. The predicted molar refractivity (Wildman–Crippen MR) is 61.1 cm³/mol. The Morgan fingerprint density at radius 2 is 1.88 bits per heavy atom. The van der Waals surface area contributed by atoms with Crippen molar-refractivity contribution in [2.75, 3.05) is 45.1 Å². The van der Waals surface area contributed by atoms with Gasteiger partial charge < -0.3 is 10.2 Å². The maximum Gasteiger partial charge on any atom is 0.320 e. The minimum absolute atomic E-state index is 0.0435. The SMILES string of the molecule is O=C(O)CS(=O)(=O)N1CCCN(CCO)CC1. The number of carboxylic acids is 1. The minimum atomic E-state index is -3.70. The van der Waals surface area contributed by atoms with E-state index >= 15 is 0 Å². The molecule has 0 unspecified atom stereocenters. The second-order valence-electron chi connectivity index (χ2n) is 3.97. The molecule has 2 N–H and O–H groups in total. The standard InChI is InChI=1S/C9H18N2O5S/c12-7-6-10-2-1-3-11(5-4-10)17(15,16)8-9(13)14/h12H,1-8H2,(H,13,14). The third-order valence-electron chi connectivity index (χ3n) is 2.66. The van der Waals surface area contributed by atoms with Crippen molar-refractivity contribution in [2.45, 2.75) is 6.42 Å². The first-order valence-corrected chi connectivity index (χ1v) is 7.09. The zero-order valence-corrected chi connectivity index (χ0v) is 10.4. The van der Waals surface area contributed by atoms with Crippen LogP contribution in [-0.4, -0.2) is 78.9 Å². The van der Waals surface area contributed by atoms with E-state index in [1.165, 1.54) is 4.31 Å². The van der Waals surface area contributed by atoms with Gasteiger partial charge in [0.25, 0.3) is 0 Å². The van der Waals surface area contributed by atoms with Crippen LogP contribution in [0.25, 0.3) is 0 Å². The van der Waals surface area contributed by atoms with E-state index in [0.29, 0.717) is 26.1 Å². The molecule has 1 fully saturated rings. The average molecular weight is 266 g/mol. The van der Waals surface area contributed by atoms with Gasteiger partial charge in [-0.2, -0.15) is 0 Å². The minimum Gasteiger partial charge on any atom is -0.480 e. The van der Waals surface area contributed by atoms with Gasteiger partial charge in [0, 0.05) is 26.2 Å². The van der Waals surface area contributed by atoms with Crippen molar-refractivity contribution in [3.63, 3.8) is 0 Å². The van der Waals surface area contributed by atoms with Gasteiger partial charge in [-0.3, -0.25) is 9.69 Å². The van der Waals surface area contributed by atoms with Gasteiger partial charge in [0.2, 0.25) is 10.0 Å². The second kappa shape index (κ2) is 6.29. The first-order valence-electron chi connectivity index (χ1n) is 5.48. The molecule has 0 aromatic heterocycles. The van der Waals surface area contributed by atoms with Crippen molar-refractivity contribution in [1.29, 1.82) is 0 Å². The summed E-state index contributed by atoms with van der Waals surface area (Å²) in [6, 6.07) is 0. The topological polar surface area (TPSA) is 98.1 Å². The summed E-state index contributed by atoms with van der Waals surface area (Å²) in [4.78, 5) is 12.4. The largest absolute Gasteiger partial charge is 0.480 e. The molecule has 0 aromatic carbocycles. The van der Waals surface area contributed by atoms with Crippen LogP contribution in [0.5, 0.6) is 0 Å². The maximum absolute atomic E-state index is 11.7. The van der Waals surface area contributed by atoms with Crippen LogP contribution < -0.4 is 0 Å². The van der Waals surface area contributed by atoms with Crippen molar-refractivity contribution in [1.82, 2.24) is 9.21 Å². The number of rotatable bonds is 5. The fourth-order valence-electron chi connectivity index (χ4n) is 1.84. The quantitative estimate of drug-likeness (QED) is 0.622. The van der Waals surface area contributed by atoms with Crippen LogP contribution in [-0.2, 0) is 14.8 Å². The molecule has 0 atom stereocenters. The van der Waals surface area contributed by atoms with Crippen LogP contribution in [0.3, 0.4) is 0 Å². The highest BCUT2D eigenvalue weighted by atomic mass is 32.2. The maximum atomic E-state index is 11.7. The van der Waals surface area contributed by atoms with Gasteiger partial charge in [-0.1, -0.05) is 0 Å². The van der Waals surface area contributed by atoms with Crippen LogP contribution in [0, 0.1) is 0 Å². The van der Waals surface area contributed by atoms with E-state index in [0.717, 1.165) is 6.54 Å². The molecule has 0 aliphatic carbocycles. The Bertz CT molecular complexity index is 356. The number of carboxylic acid groups (broad SMARTS) is 1. The molecule has 100 valence electrons. The van der Waals surface area contributed by atoms with Crippen LogP contribution in [0.4, 0.5) is 0 Å². The fraction of sp³-hybridized carbons (Fsp3) is 0.889. The van der Waals surface area contributed by atoms with E-state index in [-0.39, 0.29) is 13.2 Å². The summed E-state index contributed by atoms with van der Waals surface area (Å²) in [6.45, 7) is 2.45. The molecule has 0 spiro atoms. The third-order valence-corrected chi connectivity index (χ3v) is 4.43. The van der Waals surface area contributed by atoms with Gasteiger partial charge in [-0.05, 0) is 13.0 Å². The number of β-amino-alcohol motifs (C(OH)–C–C–N with tert-alkyl or cyclic N) is 1. The van der Waals surface area contributed by atoms with Gasteiger partial charge in [-0.15, -0.1) is 0 Å². The molecule has 1 saturated heterocycles. The Balaban J connectivity index is 2.59. The number of aliphatic carboxylic acids is 1. The normalized spacial score (nSPS) is 20.1. The van der Waals surface area contributed by atoms with Crippen LogP contribution in [0.2, 0.25) is 0 Å². The van der Waals surface area contributed by atoms with E-state index < -0.39 is 21.7 Å². The highest BCUT2D eigenvalue weighted by molar-refractivity contribution is 7.89. The van der Waals surface area contributed by atoms with E-state index in [4.69, 9.17) is 10.2 Å². The zero-order valence-electron chi connectivity index (χ0n) is 9.58. The molecule has 17 heavy (non-hydrogen) atoms. The molecule has 0 aromatic rings. The molecule has 0 amide bonds. The molecule has 0 radical (unpaired) electrons. The van der Waals surface area contributed by atoms with Gasteiger partial charge in [-0.25, -0.2) is 12.7 Å². The Kier molecular flexibility index (Phi) is 5.31. The zero-order chi connectivity index (χ0) is 12.9. The molecule has 8 heteroatoms. The molecule has 1 aliphatic rings. The average Bonchev–Trinajstić information content (AvgIpc) is 2.42. The lowest BCUT2D eigenvalue weighted by Crippen LogP contribution is -2.38. The molecule has 1 aliphatic heterocycles. The lowest BCUT2D eigenvalue weighted by Gasteiger charge is -2.20. The summed E-state index contributed by atoms with van der Waals surface area (Å²) in [5, 5.41) is 17.3. The predicted octanol–water partition coefficient (Wildman–Crippen LogP) is -1.60. The summed E-state index contributed by atoms with van der Waals surface area (Å²) in [5.41, 5.74) is 0. The van der Waals surface area contributed by atoms with Crippen LogP contribution in [0.15, 0.2) is 0 Å². The molecular weight excluding hydrogens is 248 g/mol. The molecule has 0 saturated carbocycles. The Morgan fingerprint density at radius 1 is 1.18 bits per heavy atom. The lowest BCUT2D eigenvalue weighted by molar-refractivity contribution is -0.134. The van der Waals surface area contributed by atoms with Crippen molar-refractivity contribution >= 4 is 16.0 Å². The number of aliphatic hydroxyl groups excluding tert-OH is 1. The van der Waals surface area contributed by atoms with Crippen LogP contribution in [0.1, 0.15) is 6.42 Å². The third kappa shape index (κ3) is 4.58. The molecular formula is C9H18N2O5S. The highest BCUT2D eigenvalue weighted by Gasteiger charge is 2.27. The van der Waals surface area contributed by atoms with Gasteiger partial charge in [0.1, 0.15) is 0 Å². The van der Waals surface area contributed by atoms with E-state index in [1.807, 2.05) is 4.90 Å². The summed E-state index contributed by atoms with van der Waals surface area (Å²) in [5.74, 6) is -2.19. The first-order chi connectivity index (χ1) is 7.95. The monoisotopic (exact) mass is 266 g/mol. The van der Waals surface area contributed by atoms with Gasteiger partial charge in [0.05, 0.1) is 6.61 Å². The molecule has 1 rings (SSSR count). The summed E-state index contributed by atoms with van der Waals surface area (Å²) in [7, 11) is -3.70. The van der Waals surface area contributed by atoms with E-state index in [1.54, 1.807) is 0 Å². The number of carbonyl (C=O) groups is 1. The fourth-order valence-corrected chi connectivity index (χ4v) is 3.10. The van der Waals surface area contributed by atoms with E-state index in [9.17, 15) is 13.2 Å². The van der Waals surface area contributed by atoms with Crippen LogP contribution >= 0.6 is 0 Å². The lowest BCUT2D eigenvalue weighted by atomic mass is 10.4. The molecule has 1 heterocycles. The van der Waals surface area contributed by atoms with Crippen molar-refractivity contribution < 1.29 is 23.4 Å². The smallest absolute Gasteiger partial charge is 0.320 e. The summed E-state index contributed by atoms with van der Waals surface area (Å²) >= 11 is 0.